The van der Waals surface area contributed by atoms with Crippen LogP contribution in [-0.4, -0.2) is 31.8 Å². The van der Waals surface area contributed by atoms with Gasteiger partial charge in [0.15, 0.2) is 5.58 Å². The largest absolute Gasteiger partial charge is 0.420 e. The first kappa shape index (κ1) is 19.3. The fourth-order valence-corrected chi connectivity index (χ4v) is 4.26. The molecule has 0 fully saturated rings. The van der Waals surface area contributed by atoms with Crippen molar-refractivity contribution in [3.63, 3.8) is 0 Å². The highest BCUT2D eigenvalue weighted by Gasteiger charge is 2.21. The van der Waals surface area contributed by atoms with Crippen molar-refractivity contribution in [2.24, 2.45) is 0 Å². The summed E-state index contributed by atoms with van der Waals surface area (Å²) in [6.45, 7) is 0.947. The smallest absolute Gasteiger partial charge is 0.408 e. The molecule has 4 aromatic rings. The Morgan fingerprint density at radius 2 is 1.90 bits per heavy atom. The molecule has 3 aromatic heterocycles. The minimum atomic E-state index is -0.528. The lowest BCUT2D eigenvalue weighted by atomic mass is 9.94. The maximum Gasteiger partial charge on any atom is 0.420 e. The fraction of sp³-hybridized carbons (Fsp3) is 0.304. The van der Waals surface area contributed by atoms with Gasteiger partial charge in [0.05, 0.1) is 17.8 Å². The maximum atomic E-state index is 12.5. The van der Waals surface area contributed by atoms with Crippen LogP contribution in [0.2, 0.25) is 0 Å². The van der Waals surface area contributed by atoms with E-state index in [2.05, 4.69) is 10.3 Å². The van der Waals surface area contributed by atoms with Gasteiger partial charge < -0.3 is 9.73 Å². The number of para-hydroxylation sites is 2. The summed E-state index contributed by atoms with van der Waals surface area (Å²) >= 11 is 0. The average Bonchev–Trinajstić information content (AvgIpc) is 3.32. The zero-order chi connectivity index (χ0) is 21.2. The molecule has 0 atom stereocenters. The van der Waals surface area contributed by atoms with Crippen molar-refractivity contribution in [3.05, 3.63) is 70.6 Å². The normalized spacial score (nSPS) is 13.3. The van der Waals surface area contributed by atoms with Crippen LogP contribution in [0, 0.1) is 0 Å². The number of nitrogens with zero attached hydrogens (tertiary/aromatic N) is 4. The number of oxazole rings is 1. The Kier molecular flexibility index (Phi) is 5.11. The quantitative estimate of drug-likeness (QED) is 0.520. The van der Waals surface area contributed by atoms with E-state index in [-0.39, 0.29) is 12.5 Å². The predicted molar refractivity (Wildman–Crippen MR) is 116 cm³/mol. The molecule has 158 valence electrons. The molecule has 1 aliphatic rings. The number of nitrogens with one attached hydrogen (secondary N) is 1. The molecule has 1 aliphatic carbocycles. The van der Waals surface area contributed by atoms with Gasteiger partial charge in [-0.25, -0.2) is 4.79 Å². The summed E-state index contributed by atoms with van der Waals surface area (Å²) in [6.07, 6.45) is 7.91. The second-order valence-corrected chi connectivity index (χ2v) is 7.71. The highest BCUT2D eigenvalue weighted by Crippen LogP contribution is 2.30. The van der Waals surface area contributed by atoms with E-state index >= 15 is 0 Å². The van der Waals surface area contributed by atoms with Crippen LogP contribution in [0.25, 0.3) is 22.4 Å². The van der Waals surface area contributed by atoms with E-state index in [1.807, 2.05) is 22.9 Å². The van der Waals surface area contributed by atoms with Crippen LogP contribution < -0.4 is 11.1 Å². The van der Waals surface area contributed by atoms with Gasteiger partial charge >= 0.3 is 5.76 Å². The standard InChI is InChI=1S/C23H23N5O3/c29-21(15-27-19-7-3-4-8-20(19)31-23(27)30)25-13-14-28-18-6-2-1-5-17(18)22(26-28)16-9-11-24-12-10-16/h3-4,7-12H,1-2,5-6,13-15H2,(H,25,29). The van der Waals surface area contributed by atoms with Gasteiger partial charge in [-0.3, -0.25) is 19.0 Å². The van der Waals surface area contributed by atoms with Crippen molar-refractivity contribution < 1.29 is 9.21 Å². The summed E-state index contributed by atoms with van der Waals surface area (Å²) in [5.74, 6) is -0.761. The molecule has 31 heavy (non-hydrogen) atoms. The van der Waals surface area contributed by atoms with Gasteiger partial charge in [0, 0.05) is 35.8 Å². The van der Waals surface area contributed by atoms with Crippen molar-refractivity contribution >= 4 is 17.0 Å². The fourth-order valence-electron chi connectivity index (χ4n) is 4.26. The van der Waals surface area contributed by atoms with Crippen LogP contribution in [0.5, 0.6) is 0 Å². The molecule has 0 saturated heterocycles. The van der Waals surface area contributed by atoms with Crippen LogP contribution >= 0.6 is 0 Å². The second kappa shape index (κ2) is 8.22. The van der Waals surface area contributed by atoms with E-state index in [4.69, 9.17) is 9.52 Å². The number of carbonyl (C=O) groups is 1. The second-order valence-electron chi connectivity index (χ2n) is 7.71. The Labute approximate surface area is 178 Å². The van der Waals surface area contributed by atoms with Crippen LogP contribution in [0.4, 0.5) is 0 Å². The summed E-state index contributed by atoms with van der Waals surface area (Å²) in [6, 6.07) is 11.1. The Morgan fingerprint density at radius 1 is 1.10 bits per heavy atom. The van der Waals surface area contributed by atoms with Crippen molar-refractivity contribution in [3.8, 4) is 11.3 Å². The Bertz CT molecular complexity index is 1290. The van der Waals surface area contributed by atoms with E-state index < -0.39 is 5.76 Å². The molecule has 0 radical (unpaired) electrons. The average molecular weight is 417 g/mol. The SMILES string of the molecule is O=C(Cn1c(=O)oc2ccccc21)NCCn1nc(-c2ccncc2)c2c1CCCC2. The van der Waals surface area contributed by atoms with E-state index in [1.54, 1.807) is 30.6 Å². The number of amides is 1. The topological polar surface area (TPSA) is 94.9 Å². The lowest BCUT2D eigenvalue weighted by Gasteiger charge is -2.14. The molecule has 0 bridgehead atoms. The molecule has 0 unspecified atom stereocenters. The first-order chi connectivity index (χ1) is 15.2. The molecule has 8 nitrogen and oxygen atoms in total. The van der Waals surface area contributed by atoms with Crippen LogP contribution in [0.1, 0.15) is 24.1 Å². The summed E-state index contributed by atoms with van der Waals surface area (Å²) in [5, 5.41) is 7.76. The van der Waals surface area contributed by atoms with Crippen LogP contribution in [0.15, 0.2) is 58.0 Å². The molecular weight excluding hydrogens is 394 g/mol. The minimum Gasteiger partial charge on any atom is -0.408 e. The molecule has 3 heterocycles. The summed E-state index contributed by atoms with van der Waals surface area (Å²) in [4.78, 5) is 28.6. The third-order valence-corrected chi connectivity index (χ3v) is 5.73. The predicted octanol–water partition coefficient (Wildman–Crippen LogP) is 2.55. The van der Waals surface area contributed by atoms with Crippen LogP contribution in [-0.2, 0) is 30.7 Å². The van der Waals surface area contributed by atoms with Gasteiger partial charge in [0.25, 0.3) is 0 Å². The molecule has 8 heteroatoms. The van der Waals surface area contributed by atoms with Gasteiger partial charge in [0.1, 0.15) is 6.54 Å². The molecule has 1 N–H and O–H groups in total. The van der Waals surface area contributed by atoms with E-state index in [9.17, 15) is 9.59 Å². The van der Waals surface area contributed by atoms with Gasteiger partial charge in [0.2, 0.25) is 5.91 Å². The van der Waals surface area contributed by atoms with Crippen molar-refractivity contribution in [2.45, 2.75) is 38.8 Å². The van der Waals surface area contributed by atoms with Gasteiger partial charge in [-0.15, -0.1) is 0 Å². The third-order valence-electron chi connectivity index (χ3n) is 5.73. The molecule has 0 spiro atoms. The number of pyridine rings is 1. The summed E-state index contributed by atoms with van der Waals surface area (Å²) in [7, 11) is 0. The number of aromatic nitrogens is 4. The molecular formula is C23H23N5O3. The number of benzene rings is 1. The number of fused-ring (bicyclic) bond motifs is 2. The number of carbonyl (C=O) groups excluding carboxylic acids is 1. The molecule has 0 aliphatic heterocycles. The first-order valence-electron chi connectivity index (χ1n) is 10.5. The van der Waals surface area contributed by atoms with E-state index in [1.165, 1.54) is 22.2 Å². The maximum absolute atomic E-state index is 12.5. The number of rotatable bonds is 6. The van der Waals surface area contributed by atoms with Crippen molar-refractivity contribution in [2.75, 3.05) is 6.54 Å². The number of hydrogen-bond acceptors (Lipinski definition) is 5. The van der Waals surface area contributed by atoms with Gasteiger partial charge in [-0.2, -0.15) is 5.10 Å². The van der Waals surface area contributed by atoms with E-state index in [0.717, 1.165) is 30.5 Å². The number of hydrogen-bond donors (Lipinski definition) is 1. The Hall–Kier alpha value is -3.68. The van der Waals surface area contributed by atoms with Gasteiger partial charge in [-0.05, 0) is 49.9 Å². The van der Waals surface area contributed by atoms with Crippen LogP contribution in [0.3, 0.4) is 0 Å². The molecule has 1 aromatic carbocycles. The minimum absolute atomic E-state index is 0.0741. The van der Waals surface area contributed by atoms with E-state index in [0.29, 0.717) is 24.2 Å². The molecule has 0 saturated carbocycles. The first-order valence-corrected chi connectivity index (χ1v) is 10.5. The highest BCUT2D eigenvalue weighted by atomic mass is 16.4. The lowest BCUT2D eigenvalue weighted by Crippen LogP contribution is -2.33. The van der Waals surface area contributed by atoms with Crippen molar-refractivity contribution in [1.29, 1.82) is 0 Å². The Morgan fingerprint density at radius 3 is 2.77 bits per heavy atom. The molecule has 5 rings (SSSR count). The zero-order valence-corrected chi connectivity index (χ0v) is 17.1. The third kappa shape index (κ3) is 3.76. The summed E-state index contributed by atoms with van der Waals surface area (Å²) < 4.78 is 8.56. The van der Waals surface area contributed by atoms with Crippen molar-refractivity contribution in [1.82, 2.24) is 24.6 Å². The monoisotopic (exact) mass is 417 g/mol. The highest BCUT2D eigenvalue weighted by molar-refractivity contribution is 5.79. The Balaban J connectivity index is 1.28. The zero-order valence-electron chi connectivity index (χ0n) is 17.1. The molecule has 1 amide bonds. The van der Waals surface area contributed by atoms with Gasteiger partial charge in [-0.1, -0.05) is 12.1 Å². The summed E-state index contributed by atoms with van der Waals surface area (Å²) in [5.41, 5.74) is 5.74. The lowest BCUT2D eigenvalue weighted by molar-refractivity contribution is -0.121.